The van der Waals surface area contributed by atoms with Crippen molar-refractivity contribution >= 4 is 71.0 Å². The van der Waals surface area contributed by atoms with Crippen LogP contribution in [0.3, 0.4) is 0 Å². The first kappa shape index (κ1) is 45.5. The minimum absolute atomic E-state index is 0.0734. The van der Waals surface area contributed by atoms with Crippen LogP contribution in [-0.2, 0) is 31.8 Å². The van der Waals surface area contributed by atoms with Crippen molar-refractivity contribution < 1.29 is 33.3 Å². The zero-order valence-electron chi connectivity index (χ0n) is 36.4. The number of ether oxygens (including phenoxy) is 1. The maximum atomic E-state index is 13.2. The van der Waals surface area contributed by atoms with Gasteiger partial charge < -0.3 is 19.1 Å². The Labute approximate surface area is 382 Å². The number of benzene rings is 3. The second kappa shape index (κ2) is 19.6. The fraction of sp³-hybridized carbons (Fsp3) is 0.426. The number of fused-ring (bicyclic) bond motifs is 1. The molecule has 5 amide bonds. The monoisotopic (exact) mass is 925 g/mol. The first-order valence-corrected chi connectivity index (χ1v) is 25.8. The molecule has 14 nitrogen and oxygen atoms in total. The van der Waals surface area contributed by atoms with Gasteiger partial charge in [-0.15, -0.1) is 11.8 Å². The highest BCUT2D eigenvalue weighted by atomic mass is 35.5. The molecule has 0 spiro atoms. The number of carbonyl (C=O) groups is 5. The molecule has 5 heterocycles. The third-order valence-electron chi connectivity index (χ3n) is 12.6. The van der Waals surface area contributed by atoms with Gasteiger partial charge >= 0.3 is 0 Å². The number of rotatable bonds is 14. The second-order valence-corrected chi connectivity index (χ2v) is 21.9. The molecule has 336 valence electrons. The third kappa shape index (κ3) is 10.1. The van der Waals surface area contributed by atoms with Crippen molar-refractivity contribution in [1.29, 1.82) is 0 Å². The molecule has 4 aromatic rings. The summed E-state index contributed by atoms with van der Waals surface area (Å²) in [6.45, 7) is 8.52. The summed E-state index contributed by atoms with van der Waals surface area (Å²) in [4.78, 5) is 81.4. The lowest BCUT2D eigenvalue weighted by molar-refractivity contribution is -0.136. The average Bonchev–Trinajstić information content (AvgIpc) is 3.53. The Hall–Kier alpha value is -5.08. The molecule has 4 aliphatic heterocycles. The molecule has 3 aromatic carbocycles. The molecule has 1 atom stereocenters. The lowest BCUT2D eigenvalue weighted by Gasteiger charge is -2.43. The van der Waals surface area contributed by atoms with E-state index in [0.717, 1.165) is 76.7 Å². The summed E-state index contributed by atoms with van der Waals surface area (Å²) in [6.07, 6.45) is 5.94. The molecule has 64 heavy (non-hydrogen) atoms. The number of thioether (sulfide) groups is 1. The van der Waals surface area contributed by atoms with Gasteiger partial charge in [0.15, 0.2) is 0 Å². The van der Waals surface area contributed by atoms with E-state index in [2.05, 4.69) is 38.3 Å². The van der Waals surface area contributed by atoms with Crippen LogP contribution in [0.25, 0.3) is 0 Å². The van der Waals surface area contributed by atoms with Crippen molar-refractivity contribution in [2.24, 2.45) is 0 Å². The Bertz CT molecular complexity index is 2520. The lowest BCUT2D eigenvalue weighted by Crippen LogP contribution is -2.54. The van der Waals surface area contributed by atoms with E-state index in [1.54, 1.807) is 44.8 Å². The number of aromatic nitrogens is 2. The van der Waals surface area contributed by atoms with Crippen molar-refractivity contribution in [2.45, 2.75) is 68.3 Å². The van der Waals surface area contributed by atoms with Gasteiger partial charge in [0.05, 0.1) is 29.0 Å². The fourth-order valence-electron chi connectivity index (χ4n) is 9.20. The minimum Gasteiger partial charge on any atom is -0.496 e. The van der Waals surface area contributed by atoms with E-state index in [-0.39, 0.29) is 29.9 Å². The average molecular weight is 926 g/mol. The van der Waals surface area contributed by atoms with E-state index in [0.29, 0.717) is 67.1 Å². The van der Waals surface area contributed by atoms with Crippen LogP contribution in [0.2, 0.25) is 5.02 Å². The van der Waals surface area contributed by atoms with Crippen molar-refractivity contribution in [1.82, 2.24) is 30.0 Å². The molecule has 4 aliphatic rings. The molecule has 3 saturated heterocycles. The number of nitrogens with zero attached hydrogens (tertiary/aromatic N) is 6. The van der Waals surface area contributed by atoms with Crippen LogP contribution in [-0.4, -0.2) is 132 Å². The maximum Gasteiger partial charge on any atom is 0.262 e. The smallest absolute Gasteiger partial charge is 0.262 e. The van der Waals surface area contributed by atoms with Gasteiger partial charge in [0, 0.05) is 105 Å². The molecule has 1 aromatic heterocycles. The van der Waals surface area contributed by atoms with E-state index in [4.69, 9.17) is 21.3 Å². The number of methoxy groups -OCH3 is 1. The highest BCUT2D eigenvalue weighted by molar-refractivity contribution is 7.99. The van der Waals surface area contributed by atoms with Crippen LogP contribution in [0.1, 0.15) is 81.9 Å². The summed E-state index contributed by atoms with van der Waals surface area (Å²) < 4.78 is 18.8. The van der Waals surface area contributed by atoms with E-state index in [9.17, 15) is 28.5 Å². The molecule has 8 rings (SSSR count). The fourth-order valence-corrected chi connectivity index (χ4v) is 11.5. The quantitative estimate of drug-likeness (QED) is 0.0717. The van der Waals surface area contributed by atoms with Crippen molar-refractivity contribution in [3.8, 4) is 5.75 Å². The number of nitrogens with one attached hydrogen (secondary N) is 1. The number of carbonyl (C=O) groups excluding carboxylic acids is 5. The Morgan fingerprint density at radius 1 is 0.891 bits per heavy atom. The molecular formula is C47H53ClN7O7PS. The highest BCUT2D eigenvalue weighted by Crippen LogP contribution is 2.37. The molecular weight excluding hydrogens is 873 g/mol. The van der Waals surface area contributed by atoms with Crippen LogP contribution in [0, 0.1) is 0 Å². The van der Waals surface area contributed by atoms with Crippen LogP contribution in [0.5, 0.6) is 5.75 Å². The predicted octanol–water partition coefficient (Wildman–Crippen LogP) is 5.65. The van der Waals surface area contributed by atoms with Crippen LogP contribution in [0.4, 0.5) is 5.69 Å². The summed E-state index contributed by atoms with van der Waals surface area (Å²) >= 11 is 8.09. The number of amides is 5. The number of anilines is 1. The number of imide groups is 2. The summed E-state index contributed by atoms with van der Waals surface area (Å²) in [5.74, 6) is 0.152. The van der Waals surface area contributed by atoms with Crippen molar-refractivity contribution in [3.05, 3.63) is 106 Å². The first-order chi connectivity index (χ1) is 30.8. The zero-order chi connectivity index (χ0) is 45.1. The predicted molar refractivity (Wildman–Crippen MR) is 248 cm³/mol. The van der Waals surface area contributed by atoms with E-state index >= 15 is 0 Å². The summed E-state index contributed by atoms with van der Waals surface area (Å²) in [6, 6.07) is 18.6. The molecule has 0 aliphatic carbocycles. The van der Waals surface area contributed by atoms with Gasteiger partial charge in [0.1, 0.15) is 24.8 Å². The van der Waals surface area contributed by atoms with Gasteiger partial charge in [-0.25, -0.2) is 9.97 Å². The van der Waals surface area contributed by atoms with Gasteiger partial charge in [0.2, 0.25) is 17.7 Å². The standard InChI is InChI=1S/C47H53ClN7O7PS/c1-62-40-27-33(11-10-30(40)26-42-49-29-37(48)38(50-42)25-31-7-4-5-8-41(31)63(2,3)61)52-18-16-32(17-19-52)53-20-22-54(23-21-53)44(57)9-6-24-64-34-12-13-35-36(28-34)47(60)55(46(35)59)39-14-15-43(56)51-45(39)58/h4-5,7-8,10-13,27-29,32,39H,6,9,14-26H2,1-3H3,(H,51,56,58). The lowest BCUT2D eigenvalue weighted by atomic mass is 10.0. The zero-order valence-corrected chi connectivity index (χ0v) is 38.9. The second-order valence-electron chi connectivity index (χ2n) is 17.2. The number of hydrogen-bond acceptors (Lipinski definition) is 12. The van der Waals surface area contributed by atoms with Gasteiger partial charge in [-0.1, -0.05) is 41.9 Å². The normalized spacial score (nSPS) is 18.7. The Kier molecular flexibility index (Phi) is 13.9. The first-order valence-electron chi connectivity index (χ1n) is 21.8. The molecule has 17 heteroatoms. The van der Waals surface area contributed by atoms with Crippen LogP contribution >= 0.6 is 30.5 Å². The number of piperazine rings is 1. The van der Waals surface area contributed by atoms with E-state index in [1.807, 2.05) is 29.2 Å². The van der Waals surface area contributed by atoms with E-state index in [1.165, 1.54) is 11.8 Å². The molecule has 0 saturated carbocycles. The van der Waals surface area contributed by atoms with Gasteiger partial charge in [-0.05, 0) is 74.6 Å². The van der Waals surface area contributed by atoms with Gasteiger partial charge in [-0.2, -0.15) is 0 Å². The Balaban J connectivity index is 0.771. The molecule has 1 N–H and O–H groups in total. The maximum absolute atomic E-state index is 13.2. The topological polar surface area (TPSA) is 162 Å². The number of piperidine rings is 2. The largest absolute Gasteiger partial charge is 0.496 e. The molecule has 0 radical (unpaired) electrons. The minimum atomic E-state index is -2.48. The van der Waals surface area contributed by atoms with Crippen LogP contribution in [0.15, 0.2) is 71.8 Å². The van der Waals surface area contributed by atoms with Crippen molar-refractivity contribution in [3.63, 3.8) is 0 Å². The van der Waals surface area contributed by atoms with Crippen molar-refractivity contribution in [2.75, 3.05) is 70.4 Å². The molecule has 0 bridgehead atoms. The SMILES string of the molecule is COc1cc(N2CCC(N3CCN(C(=O)CCCSc4ccc5c(c4)C(=O)N(C4CCC(=O)NC4=O)C5=O)CC3)CC2)ccc1Cc1ncc(Cl)c(Cc2ccccc2P(C)(C)=O)n1. The van der Waals surface area contributed by atoms with Crippen LogP contribution < -0.4 is 20.3 Å². The summed E-state index contributed by atoms with van der Waals surface area (Å²) in [5, 5.41) is 3.53. The Morgan fingerprint density at radius 2 is 1.64 bits per heavy atom. The number of halogens is 1. The number of hydrogen-bond donors (Lipinski definition) is 1. The van der Waals surface area contributed by atoms with Gasteiger partial charge in [0.25, 0.3) is 11.8 Å². The third-order valence-corrected chi connectivity index (χ3v) is 15.6. The highest BCUT2D eigenvalue weighted by Gasteiger charge is 2.44. The van der Waals surface area contributed by atoms with Gasteiger partial charge in [-0.3, -0.25) is 39.1 Å². The summed E-state index contributed by atoms with van der Waals surface area (Å²) in [5.41, 5.74) is 4.25. The molecule has 3 fully saturated rings. The summed E-state index contributed by atoms with van der Waals surface area (Å²) in [7, 11) is -0.800. The molecule has 1 unspecified atom stereocenters. The van der Waals surface area contributed by atoms with E-state index < -0.39 is 36.8 Å². The Morgan fingerprint density at radius 3 is 2.38 bits per heavy atom.